The summed E-state index contributed by atoms with van der Waals surface area (Å²) in [5.41, 5.74) is 2.70. The van der Waals surface area contributed by atoms with Crippen LogP contribution in [0, 0.1) is 10.1 Å². The lowest BCUT2D eigenvalue weighted by atomic mass is 9.98. The smallest absolute Gasteiger partial charge is 0.204 e. The summed E-state index contributed by atoms with van der Waals surface area (Å²) in [5.74, 6) is 0.414. The Morgan fingerprint density at radius 2 is 2.21 bits per heavy atom. The Morgan fingerprint density at radius 1 is 1.43 bits per heavy atom. The van der Waals surface area contributed by atoms with E-state index in [1.54, 1.807) is 0 Å². The minimum absolute atomic E-state index is 0.0962. The molecule has 1 atom stereocenters. The zero-order chi connectivity index (χ0) is 9.97. The number of aryl methyl sites for hydroxylation is 1. The highest BCUT2D eigenvalue weighted by Crippen LogP contribution is 2.34. The Bertz CT molecular complexity index is 349. The number of hydrogen-bond donors (Lipinski definition) is 0. The zero-order valence-corrected chi connectivity index (χ0v) is 7.98. The van der Waals surface area contributed by atoms with Crippen LogP contribution < -0.4 is 0 Å². The van der Waals surface area contributed by atoms with Gasteiger partial charge in [-0.3, -0.25) is 10.1 Å². The molecule has 0 aromatic heterocycles. The van der Waals surface area contributed by atoms with Gasteiger partial charge in [0.2, 0.25) is 6.54 Å². The van der Waals surface area contributed by atoms with Gasteiger partial charge in [0.25, 0.3) is 0 Å². The van der Waals surface area contributed by atoms with Crippen LogP contribution in [0.2, 0.25) is 0 Å². The molecule has 1 aliphatic carbocycles. The molecule has 0 radical (unpaired) electrons. The molecule has 1 unspecified atom stereocenters. The Morgan fingerprint density at radius 3 is 3.00 bits per heavy atom. The van der Waals surface area contributed by atoms with Crippen LogP contribution in [0.3, 0.4) is 0 Å². The summed E-state index contributed by atoms with van der Waals surface area (Å²) >= 11 is 0. The molecular weight excluding hydrogens is 178 g/mol. The van der Waals surface area contributed by atoms with Gasteiger partial charge in [0.1, 0.15) is 0 Å². The number of nitro groups is 1. The molecule has 0 amide bonds. The molecule has 1 aliphatic rings. The van der Waals surface area contributed by atoms with Crippen molar-refractivity contribution in [3.63, 3.8) is 0 Å². The van der Waals surface area contributed by atoms with Crippen LogP contribution in [-0.2, 0) is 6.42 Å². The molecule has 3 heteroatoms. The summed E-state index contributed by atoms with van der Waals surface area (Å²) in [5, 5.41) is 10.3. The van der Waals surface area contributed by atoms with Gasteiger partial charge < -0.3 is 0 Å². The highest BCUT2D eigenvalue weighted by molar-refractivity contribution is 5.34. The molecule has 0 saturated heterocycles. The van der Waals surface area contributed by atoms with Crippen molar-refractivity contribution < 1.29 is 4.92 Å². The third kappa shape index (κ3) is 1.76. The first-order valence-electron chi connectivity index (χ1n) is 4.97. The highest BCUT2D eigenvalue weighted by atomic mass is 16.6. The quantitative estimate of drug-likeness (QED) is 0.543. The van der Waals surface area contributed by atoms with Gasteiger partial charge >= 0.3 is 0 Å². The molecule has 0 fully saturated rings. The van der Waals surface area contributed by atoms with Crippen LogP contribution in [0.15, 0.2) is 24.3 Å². The van der Waals surface area contributed by atoms with E-state index in [4.69, 9.17) is 0 Å². The Balaban J connectivity index is 2.07. The Hall–Kier alpha value is -1.38. The van der Waals surface area contributed by atoms with E-state index in [-0.39, 0.29) is 11.5 Å². The lowest BCUT2D eigenvalue weighted by Crippen LogP contribution is -2.05. The van der Waals surface area contributed by atoms with E-state index in [1.807, 2.05) is 12.1 Å². The fraction of sp³-hybridized carbons (Fsp3) is 0.455. The van der Waals surface area contributed by atoms with Crippen LogP contribution in [0.1, 0.15) is 29.9 Å². The minimum Gasteiger partial charge on any atom is -0.265 e. The molecule has 1 aromatic rings. The molecule has 0 spiro atoms. The topological polar surface area (TPSA) is 43.1 Å². The van der Waals surface area contributed by atoms with Crippen molar-refractivity contribution >= 4 is 0 Å². The molecule has 2 rings (SSSR count). The van der Waals surface area contributed by atoms with Gasteiger partial charge in [-0.05, 0) is 29.9 Å². The molecule has 1 aromatic carbocycles. The molecule has 3 nitrogen and oxygen atoms in total. The lowest BCUT2D eigenvalue weighted by Gasteiger charge is -2.07. The van der Waals surface area contributed by atoms with Crippen LogP contribution in [0.5, 0.6) is 0 Å². The van der Waals surface area contributed by atoms with E-state index in [9.17, 15) is 10.1 Å². The third-order valence-corrected chi connectivity index (χ3v) is 2.92. The minimum atomic E-state index is -0.221. The predicted octanol–water partition coefficient (Wildman–Crippen LogP) is 2.38. The van der Waals surface area contributed by atoms with Crippen molar-refractivity contribution in [2.24, 2.45) is 0 Å². The highest BCUT2D eigenvalue weighted by Gasteiger charge is 2.22. The van der Waals surface area contributed by atoms with Crippen molar-refractivity contribution in [3.8, 4) is 0 Å². The Labute approximate surface area is 82.9 Å². The van der Waals surface area contributed by atoms with Gasteiger partial charge in [0.05, 0.1) is 0 Å². The largest absolute Gasteiger partial charge is 0.265 e. The second-order valence-corrected chi connectivity index (χ2v) is 3.78. The normalized spacial score (nSPS) is 19.3. The molecule has 0 bridgehead atoms. The predicted molar refractivity (Wildman–Crippen MR) is 54.0 cm³/mol. The zero-order valence-electron chi connectivity index (χ0n) is 7.98. The van der Waals surface area contributed by atoms with Crippen molar-refractivity contribution in [3.05, 3.63) is 45.5 Å². The summed E-state index contributed by atoms with van der Waals surface area (Å²) in [6.45, 7) is 0.0962. The third-order valence-electron chi connectivity index (χ3n) is 2.92. The van der Waals surface area contributed by atoms with E-state index >= 15 is 0 Å². The number of benzene rings is 1. The molecule has 0 saturated carbocycles. The van der Waals surface area contributed by atoms with E-state index in [2.05, 4.69) is 12.1 Å². The molecule has 0 heterocycles. The summed E-state index contributed by atoms with van der Waals surface area (Å²) in [4.78, 5) is 10.1. The maximum atomic E-state index is 10.3. The summed E-state index contributed by atoms with van der Waals surface area (Å²) in [6.07, 6.45) is 2.84. The van der Waals surface area contributed by atoms with Crippen molar-refractivity contribution in [1.29, 1.82) is 0 Å². The molecule has 74 valence electrons. The first-order valence-corrected chi connectivity index (χ1v) is 4.97. The number of rotatable bonds is 3. The van der Waals surface area contributed by atoms with Gasteiger partial charge in [-0.1, -0.05) is 24.3 Å². The first-order chi connectivity index (χ1) is 6.77. The van der Waals surface area contributed by atoms with E-state index < -0.39 is 0 Å². The molecular formula is C11H13NO2. The number of hydrogen-bond acceptors (Lipinski definition) is 2. The van der Waals surface area contributed by atoms with Gasteiger partial charge in [-0.15, -0.1) is 0 Å². The monoisotopic (exact) mass is 191 g/mol. The average molecular weight is 191 g/mol. The van der Waals surface area contributed by atoms with Gasteiger partial charge in [0.15, 0.2) is 0 Å². The summed E-state index contributed by atoms with van der Waals surface area (Å²) < 4.78 is 0. The van der Waals surface area contributed by atoms with Crippen molar-refractivity contribution in [2.45, 2.75) is 25.2 Å². The number of nitrogens with zero attached hydrogens (tertiary/aromatic N) is 1. The number of fused-ring (bicyclic) bond motifs is 1. The maximum absolute atomic E-state index is 10.3. The van der Waals surface area contributed by atoms with E-state index in [0.29, 0.717) is 12.3 Å². The van der Waals surface area contributed by atoms with E-state index in [0.717, 1.165) is 12.8 Å². The molecule has 0 N–H and O–H groups in total. The van der Waals surface area contributed by atoms with E-state index in [1.165, 1.54) is 11.1 Å². The van der Waals surface area contributed by atoms with Crippen molar-refractivity contribution in [2.75, 3.05) is 6.54 Å². The Kier molecular flexibility index (Phi) is 2.48. The van der Waals surface area contributed by atoms with Gasteiger partial charge in [-0.2, -0.15) is 0 Å². The fourth-order valence-corrected chi connectivity index (χ4v) is 2.21. The lowest BCUT2D eigenvalue weighted by molar-refractivity contribution is -0.480. The van der Waals surface area contributed by atoms with Crippen LogP contribution in [0.25, 0.3) is 0 Å². The summed E-state index contributed by atoms with van der Waals surface area (Å²) in [7, 11) is 0. The van der Waals surface area contributed by atoms with Gasteiger partial charge in [0, 0.05) is 11.3 Å². The average Bonchev–Trinajstić information content (AvgIpc) is 2.58. The fourth-order valence-electron chi connectivity index (χ4n) is 2.21. The van der Waals surface area contributed by atoms with Gasteiger partial charge in [-0.25, -0.2) is 0 Å². The second-order valence-electron chi connectivity index (χ2n) is 3.78. The second kappa shape index (κ2) is 3.78. The van der Waals surface area contributed by atoms with Crippen LogP contribution >= 0.6 is 0 Å². The standard InChI is InChI=1S/C11H13NO2/c13-12(14)8-7-10-6-5-9-3-1-2-4-11(9)10/h1-4,10H,5-8H2. The van der Waals surface area contributed by atoms with Crippen LogP contribution in [-0.4, -0.2) is 11.5 Å². The SMILES string of the molecule is O=[N+]([O-])CCC1CCc2ccccc21. The summed E-state index contributed by atoms with van der Waals surface area (Å²) in [6, 6.07) is 8.28. The first kappa shape index (κ1) is 9.19. The molecule has 0 aliphatic heterocycles. The van der Waals surface area contributed by atoms with Crippen LogP contribution in [0.4, 0.5) is 0 Å². The maximum Gasteiger partial charge on any atom is 0.204 e. The molecule has 14 heavy (non-hydrogen) atoms. The van der Waals surface area contributed by atoms with Crippen molar-refractivity contribution in [1.82, 2.24) is 0 Å².